The van der Waals surface area contributed by atoms with Gasteiger partial charge in [0, 0.05) is 30.2 Å². The molecule has 2 amide bonds. The maximum Gasteiger partial charge on any atom is 0.321 e. The second-order valence-corrected chi connectivity index (χ2v) is 6.87. The number of hydrogen-bond donors (Lipinski definition) is 2. The number of aromatic nitrogens is 5. The predicted molar refractivity (Wildman–Crippen MR) is 90.4 cm³/mol. The SMILES string of the molecule is Cc1cnc(NC(=O)N[C@H]2CCN(c3ccc4nncn4n3)C2)s1. The van der Waals surface area contributed by atoms with Crippen LogP contribution in [0.5, 0.6) is 0 Å². The molecule has 4 rings (SSSR count). The monoisotopic (exact) mass is 344 g/mol. The minimum absolute atomic E-state index is 0.0736. The van der Waals surface area contributed by atoms with Crippen LogP contribution in [0.3, 0.4) is 0 Å². The molecule has 1 saturated heterocycles. The van der Waals surface area contributed by atoms with E-state index in [2.05, 4.69) is 35.8 Å². The molecular formula is C14H16N8OS. The molecule has 1 fully saturated rings. The van der Waals surface area contributed by atoms with Gasteiger partial charge in [-0.25, -0.2) is 9.78 Å². The van der Waals surface area contributed by atoms with Crippen molar-refractivity contribution in [3.8, 4) is 0 Å². The second-order valence-electron chi connectivity index (χ2n) is 5.63. The summed E-state index contributed by atoms with van der Waals surface area (Å²) in [6.45, 7) is 3.50. The third-order valence-corrected chi connectivity index (χ3v) is 4.67. The van der Waals surface area contributed by atoms with Crippen molar-refractivity contribution in [1.82, 2.24) is 30.1 Å². The molecule has 4 heterocycles. The number of rotatable bonds is 3. The smallest absolute Gasteiger partial charge is 0.321 e. The Bertz CT molecular complexity index is 874. The van der Waals surface area contributed by atoms with Crippen molar-refractivity contribution in [2.45, 2.75) is 19.4 Å². The Kier molecular flexibility index (Phi) is 3.73. The minimum atomic E-state index is -0.224. The fraction of sp³-hybridized carbons (Fsp3) is 0.357. The molecule has 2 N–H and O–H groups in total. The van der Waals surface area contributed by atoms with Gasteiger partial charge in [-0.05, 0) is 25.5 Å². The van der Waals surface area contributed by atoms with Gasteiger partial charge in [-0.15, -0.1) is 26.6 Å². The third kappa shape index (κ3) is 3.00. The summed E-state index contributed by atoms with van der Waals surface area (Å²) >= 11 is 1.46. The van der Waals surface area contributed by atoms with E-state index in [4.69, 9.17) is 0 Å². The number of aryl methyl sites for hydroxylation is 1. The van der Waals surface area contributed by atoms with Crippen LogP contribution in [0, 0.1) is 6.92 Å². The van der Waals surface area contributed by atoms with E-state index in [1.807, 2.05) is 19.1 Å². The van der Waals surface area contributed by atoms with Crippen molar-refractivity contribution in [2.24, 2.45) is 0 Å². The van der Waals surface area contributed by atoms with Crippen LogP contribution in [0.25, 0.3) is 5.65 Å². The Hall–Kier alpha value is -2.75. The number of urea groups is 1. The molecule has 0 bridgehead atoms. The van der Waals surface area contributed by atoms with Crippen LogP contribution in [-0.2, 0) is 0 Å². The number of nitrogens with one attached hydrogen (secondary N) is 2. The van der Waals surface area contributed by atoms with Gasteiger partial charge in [0.05, 0.1) is 0 Å². The highest BCUT2D eigenvalue weighted by Crippen LogP contribution is 2.19. The van der Waals surface area contributed by atoms with E-state index in [1.165, 1.54) is 11.3 Å². The van der Waals surface area contributed by atoms with E-state index in [9.17, 15) is 4.79 Å². The zero-order valence-corrected chi connectivity index (χ0v) is 13.8. The Morgan fingerprint density at radius 3 is 3.17 bits per heavy atom. The number of hydrogen-bond acceptors (Lipinski definition) is 7. The largest absolute Gasteiger partial charge is 0.353 e. The first-order valence-electron chi connectivity index (χ1n) is 7.59. The van der Waals surface area contributed by atoms with E-state index < -0.39 is 0 Å². The van der Waals surface area contributed by atoms with Crippen molar-refractivity contribution >= 4 is 34.0 Å². The Labute approximate surface area is 141 Å². The fourth-order valence-corrected chi connectivity index (χ4v) is 3.36. The van der Waals surface area contributed by atoms with Gasteiger partial charge in [-0.3, -0.25) is 5.32 Å². The van der Waals surface area contributed by atoms with Crippen LogP contribution in [0.15, 0.2) is 24.7 Å². The lowest BCUT2D eigenvalue weighted by Gasteiger charge is -2.17. The second kappa shape index (κ2) is 6.04. The summed E-state index contributed by atoms with van der Waals surface area (Å²) in [4.78, 5) is 19.4. The first-order valence-corrected chi connectivity index (χ1v) is 8.41. The number of carbonyl (C=O) groups is 1. The summed E-state index contributed by atoms with van der Waals surface area (Å²) in [5.74, 6) is 0.850. The molecule has 0 saturated carbocycles. The van der Waals surface area contributed by atoms with Gasteiger partial charge in [0.1, 0.15) is 12.1 Å². The number of nitrogens with zero attached hydrogens (tertiary/aromatic N) is 6. The predicted octanol–water partition coefficient (Wildman–Crippen LogP) is 1.29. The molecule has 1 aliphatic rings. The number of fused-ring (bicyclic) bond motifs is 1. The summed E-state index contributed by atoms with van der Waals surface area (Å²) in [6.07, 6.45) is 4.19. The van der Waals surface area contributed by atoms with Crippen molar-refractivity contribution in [3.63, 3.8) is 0 Å². The van der Waals surface area contributed by atoms with E-state index in [1.54, 1.807) is 17.0 Å². The molecule has 0 spiro atoms. The van der Waals surface area contributed by atoms with Crippen molar-refractivity contribution < 1.29 is 4.79 Å². The highest BCUT2D eigenvalue weighted by Gasteiger charge is 2.25. The van der Waals surface area contributed by atoms with Crippen LogP contribution in [0.2, 0.25) is 0 Å². The van der Waals surface area contributed by atoms with Crippen molar-refractivity contribution in [1.29, 1.82) is 0 Å². The summed E-state index contributed by atoms with van der Waals surface area (Å²) in [6, 6.07) is 3.65. The summed E-state index contributed by atoms with van der Waals surface area (Å²) in [5, 5.41) is 18.6. The first kappa shape index (κ1) is 14.8. The Morgan fingerprint density at radius 2 is 2.33 bits per heavy atom. The number of anilines is 2. The van der Waals surface area contributed by atoms with Crippen LogP contribution < -0.4 is 15.5 Å². The summed E-state index contributed by atoms with van der Waals surface area (Å²) < 4.78 is 1.65. The molecule has 0 radical (unpaired) electrons. The van der Waals surface area contributed by atoms with Gasteiger partial charge in [-0.2, -0.15) is 4.52 Å². The van der Waals surface area contributed by atoms with Gasteiger partial charge < -0.3 is 10.2 Å². The van der Waals surface area contributed by atoms with Gasteiger partial charge in [0.15, 0.2) is 10.8 Å². The lowest BCUT2D eigenvalue weighted by Crippen LogP contribution is -2.39. The average molecular weight is 344 g/mol. The topological polar surface area (TPSA) is 100 Å². The molecule has 3 aromatic heterocycles. The van der Waals surface area contributed by atoms with Crippen molar-refractivity contribution in [3.05, 3.63) is 29.5 Å². The highest BCUT2D eigenvalue weighted by atomic mass is 32.1. The number of carbonyl (C=O) groups excluding carboxylic acids is 1. The molecule has 1 aliphatic heterocycles. The van der Waals surface area contributed by atoms with Gasteiger partial charge in [-0.1, -0.05) is 0 Å². The Morgan fingerprint density at radius 1 is 1.42 bits per heavy atom. The number of thiazole rings is 1. The van der Waals surface area contributed by atoms with Crippen molar-refractivity contribution in [2.75, 3.05) is 23.3 Å². The van der Waals surface area contributed by atoms with E-state index >= 15 is 0 Å². The van der Waals surface area contributed by atoms with Gasteiger partial charge >= 0.3 is 6.03 Å². The van der Waals surface area contributed by atoms with Crippen LogP contribution in [0.1, 0.15) is 11.3 Å². The van der Waals surface area contributed by atoms with E-state index in [0.717, 1.165) is 23.7 Å². The molecule has 0 aliphatic carbocycles. The molecule has 3 aromatic rings. The van der Waals surface area contributed by atoms with E-state index in [0.29, 0.717) is 17.3 Å². The van der Waals surface area contributed by atoms with Crippen LogP contribution in [0.4, 0.5) is 15.7 Å². The molecule has 0 unspecified atom stereocenters. The normalized spacial score (nSPS) is 17.4. The quantitative estimate of drug-likeness (QED) is 0.742. The molecule has 10 heteroatoms. The lowest BCUT2D eigenvalue weighted by atomic mass is 10.3. The average Bonchev–Trinajstić information content (AvgIpc) is 3.27. The minimum Gasteiger partial charge on any atom is -0.353 e. The number of amides is 2. The van der Waals surface area contributed by atoms with Crippen LogP contribution >= 0.6 is 11.3 Å². The van der Waals surface area contributed by atoms with Crippen LogP contribution in [-0.4, -0.2) is 50.0 Å². The zero-order chi connectivity index (χ0) is 16.5. The molecule has 124 valence electrons. The molecule has 1 atom stereocenters. The van der Waals surface area contributed by atoms with E-state index in [-0.39, 0.29) is 12.1 Å². The molecule has 24 heavy (non-hydrogen) atoms. The maximum atomic E-state index is 12.1. The first-order chi connectivity index (χ1) is 11.7. The maximum absolute atomic E-state index is 12.1. The lowest BCUT2D eigenvalue weighted by molar-refractivity contribution is 0.249. The standard InChI is InChI=1S/C14H16N8OS/c1-9-6-15-14(24-9)18-13(23)17-10-4-5-21(7-10)12-3-2-11-19-16-8-22(11)20-12/h2-3,6,8,10H,4-5,7H2,1H3,(H2,15,17,18,23)/t10-/m0/s1. The Balaban J connectivity index is 1.36. The zero-order valence-electron chi connectivity index (χ0n) is 13.0. The highest BCUT2D eigenvalue weighted by molar-refractivity contribution is 7.15. The third-order valence-electron chi connectivity index (χ3n) is 3.84. The van der Waals surface area contributed by atoms with Gasteiger partial charge in [0.2, 0.25) is 0 Å². The molecule has 9 nitrogen and oxygen atoms in total. The molecular weight excluding hydrogens is 328 g/mol. The summed E-state index contributed by atoms with van der Waals surface area (Å²) in [7, 11) is 0. The van der Waals surface area contributed by atoms with Gasteiger partial charge in [0.25, 0.3) is 0 Å². The summed E-state index contributed by atoms with van der Waals surface area (Å²) in [5.41, 5.74) is 0.714. The molecule has 0 aromatic carbocycles. The fourth-order valence-electron chi connectivity index (χ4n) is 2.70.